The third kappa shape index (κ3) is 4.24. The molecule has 10 aromatic rings. The van der Waals surface area contributed by atoms with Crippen LogP contribution >= 0.6 is 0 Å². The summed E-state index contributed by atoms with van der Waals surface area (Å²) in [6.07, 6.45) is 2.00. The molecule has 3 heteroatoms. The van der Waals surface area contributed by atoms with Gasteiger partial charge in [0.1, 0.15) is 5.69 Å². The minimum Gasteiger partial charge on any atom is -0.292 e. The Morgan fingerprint density at radius 2 is 1.13 bits per heavy atom. The molecule has 12 rings (SSSR count). The highest BCUT2D eigenvalue weighted by atomic mass is 15.1. The highest BCUT2D eigenvalue weighted by Gasteiger charge is 2.32. The van der Waals surface area contributed by atoms with Gasteiger partial charge in [-0.3, -0.25) is 4.57 Å². The summed E-state index contributed by atoms with van der Waals surface area (Å²) in [7, 11) is 0. The third-order valence-electron chi connectivity index (χ3n) is 12.0. The molecule has 0 saturated carbocycles. The van der Waals surface area contributed by atoms with Crippen LogP contribution in [0, 0.1) is 0 Å². The minimum absolute atomic E-state index is 0.288. The molecule has 54 heavy (non-hydrogen) atoms. The Bertz CT molecular complexity index is 3190. The summed E-state index contributed by atoms with van der Waals surface area (Å²) in [5.41, 5.74) is 18.3. The zero-order chi connectivity index (χ0) is 35.3. The number of hydrogen-bond donors (Lipinski definition) is 0. The smallest absolute Gasteiger partial charge is 0.165 e. The predicted octanol–water partition coefficient (Wildman–Crippen LogP) is 12.9. The third-order valence-corrected chi connectivity index (χ3v) is 12.0. The molecule has 2 aliphatic carbocycles. The Morgan fingerprint density at radius 1 is 0.463 bits per heavy atom. The van der Waals surface area contributed by atoms with Crippen LogP contribution in [0.5, 0.6) is 0 Å². The van der Waals surface area contributed by atoms with Crippen LogP contribution in [0.15, 0.2) is 170 Å². The Hall–Kier alpha value is -6.84. The van der Waals surface area contributed by atoms with Gasteiger partial charge in [0.2, 0.25) is 0 Å². The SMILES string of the molecule is c1ccc2c(c1)-c1ccccc1C1CCc3cc4c(cc3-c3cccc-2c31)c1ccccc1n4-c1nc2ccccc2nc1-c1ccc2ccccc2c1. The molecule has 252 valence electrons. The molecule has 0 aliphatic heterocycles. The molecule has 0 radical (unpaired) electrons. The first-order valence-electron chi connectivity index (χ1n) is 18.9. The number of nitrogens with zero attached hydrogens (tertiary/aromatic N) is 3. The quantitative estimate of drug-likeness (QED) is 0.181. The van der Waals surface area contributed by atoms with Crippen molar-refractivity contribution in [3.8, 4) is 50.5 Å². The average molecular weight is 688 g/mol. The van der Waals surface area contributed by atoms with Gasteiger partial charge in [0.05, 0.1) is 22.1 Å². The zero-order valence-corrected chi connectivity index (χ0v) is 29.5. The first-order chi connectivity index (χ1) is 26.8. The second-order valence-electron chi connectivity index (χ2n) is 14.8. The van der Waals surface area contributed by atoms with Crippen molar-refractivity contribution >= 4 is 43.6 Å². The van der Waals surface area contributed by atoms with Crippen LogP contribution in [0.4, 0.5) is 0 Å². The Morgan fingerprint density at radius 3 is 2.00 bits per heavy atom. The van der Waals surface area contributed by atoms with Crippen LogP contribution in [-0.4, -0.2) is 14.5 Å². The second-order valence-corrected chi connectivity index (χ2v) is 14.8. The summed E-state index contributed by atoms with van der Waals surface area (Å²) < 4.78 is 2.38. The molecule has 0 spiro atoms. The number of hydrogen-bond acceptors (Lipinski definition) is 2. The topological polar surface area (TPSA) is 30.7 Å². The van der Waals surface area contributed by atoms with Crippen LogP contribution < -0.4 is 0 Å². The van der Waals surface area contributed by atoms with Gasteiger partial charge in [-0.25, -0.2) is 9.97 Å². The van der Waals surface area contributed by atoms with E-state index in [9.17, 15) is 0 Å². The molecule has 1 unspecified atom stereocenters. The molecular formula is C51H33N3. The monoisotopic (exact) mass is 687 g/mol. The van der Waals surface area contributed by atoms with E-state index in [1.54, 1.807) is 0 Å². The van der Waals surface area contributed by atoms with E-state index in [0.717, 1.165) is 52.0 Å². The molecule has 0 bridgehead atoms. The van der Waals surface area contributed by atoms with Gasteiger partial charge in [-0.05, 0) is 110 Å². The summed E-state index contributed by atoms with van der Waals surface area (Å²) >= 11 is 0. The van der Waals surface area contributed by atoms with E-state index in [1.165, 1.54) is 71.6 Å². The molecule has 0 fully saturated rings. The molecule has 3 nitrogen and oxygen atoms in total. The lowest BCUT2D eigenvalue weighted by atomic mass is 9.82. The lowest BCUT2D eigenvalue weighted by Crippen LogP contribution is -2.04. The van der Waals surface area contributed by atoms with Crippen LogP contribution in [0.25, 0.3) is 94.1 Å². The molecule has 8 aromatic carbocycles. The van der Waals surface area contributed by atoms with Crippen molar-refractivity contribution in [1.82, 2.24) is 14.5 Å². The first-order valence-corrected chi connectivity index (χ1v) is 18.9. The van der Waals surface area contributed by atoms with E-state index in [-0.39, 0.29) is 5.92 Å². The molecule has 0 amide bonds. The van der Waals surface area contributed by atoms with E-state index < -0.39 is 0 Å². The second kappa shape index (κ2) is 11.3. The Balaban J connectivity index is 1.15. The predicted molar refractivity (Wildman–Crippen MR) is 223 cm³/mol. The van der Waals surface area contributed by atoms with Crippen molar-refractivity contribution in [2.75, 3.05) is 0 Å². The zero-order valence-electron chi connectivity index (χ0n) is 29.5. The van der Waals surface area contributed by atoms with Crippen LogP contribution in [0.3, 0.4) is 0 Å². The number of rotatable bonds is 2. The van der Waals surface area contributed by atoms with E-state index in [2.05, 4.69) is 168 Å². The minimum atomic E-state index is 0.288. The van der Waals surface area contributed by atoms with Crippen molar-refractivity contribution in [3.05, 3.63) is 187 Å². The van der Waals surface area contributed by atoms with Gasteiger partial charge in [-0.2, -0.15) is 0 Å². The van der Waals surface area contributed by atoms with E-state index in [0.29, 0.717) is 0 Å². The van der Waals surface area contributed by atoms with Crippen molar-refractivity contribution in [2.45, 2.75) is 18.8 Å². The highest BCUT2D eigenvalue weighted by molar-refractivity contribution is 6.12. The van der Waals surface area contributed by atoms with Gasteiger partial charge in [0.15, 0.2) is 5.82 Å². The normalized spacial score (nSPS) is 14.3. The molecule has 1 atom stereocenters. The molecule has 2 aliphatic rings. The fourth-order valence-electron chi connectivity index (χ4n) is 9.59. The Kier molecular flexibility index (Phi) is 6.23. The van der Waals surface area contributed by atoms with Crippen molar-refractivity contribution < 1.29 is 0 Å². The van der Waals surface area contributed by atoms with Gasteiger partial charge < -0.3 is 0 Å². The first kappa shape index (κ1) is 29.7. The fraction of sp³-hybridized carbons (Fsp3) is 0.0588. The fourth-order valence-corrected chi connectivity index (χ4v) is 9.59. The summed E-state index contributed by atoms with van der Waals surface area (Å²) in [4.78, 5) is 10.8. The van der Waals surface area contributed by atoms with Gasteiger partial charge in [-0.15, -0.1) is 0 Å². The van der Waals surface area contributed by atoms with Gasteiger partial charge in [0, 0.05) is 22.3 Å². The van der Waals surface area contributed by atoms with Crippen molar-refractivity contribution in [3.63, 3.8) is 0 Å². The lowest BCUT2D eigenvalue weighted by molar-refractivity contribution is 0.730. The molecule has 2 heterocycles. The summed E-state index contributed by atoms with van der Waals surface area (Å²) in [6, 6.07) is 62.2. The maximum atomic E-state index is 5.44. The maximum absolute atomic E-state index is 5.44. The number of aromatic nitrogens is 3. The number of aryl methyl sites for hydroxylation is 1. The van der Waals surface area contributed by atoms with Gasteiger partial charge in [-0.1, -0.05) is 133 Å². The highest BCUT2D eigenvalue weighted by Crippen LogP contribution is 2.53. The van der Waals surface area contributed by atoms with Gasteiger partial charge in [0.25, 0.3) is 0 Å². The summed E-state index contributed by atoms with van der Waals surface area (Å²) in [5, 5.41) is 4.85. The average Bonchev–Trinajstić information content (AvgIpc) is 3.37. The van der Waals surface area contributed by atoms with Crippen molar-refractivity contribution in [1.29, 1.82) is 0 Å². The van der Waals surface area contributed by atoms with Crippen LogP contribution in [-0.2, 0) is 6.42 Å². The molecule has 0 saturated heterocycles. The number of para-hydroxylation sites is 3. The summed E-state index contributed by atoms with van der Waals surface area (Å²) in [5.74, 6) is 1.14. The lowest BCUT2D eigenvalue weighted by Gasteiger charge is -2.21. The maximum Gasteiger partial charge on any atom is 0.165 e. The van der Waals surface area contributed by atoms with Crippen LogP contribution in [0.1, 0.15) is 29.0 Å². The number of fused-ring (bicyclic) bond motifs is 12. The summed E-state index contributed by atoms with van der Waals surface area (Å²) in [6.45, 7) is 0. The Labute approximate surface area is 312 Å². The van der Waals surface area contributed by atoms with Crippen molar-refractivity contribution in [2.24, 2.45) is 0 Å². The molecule has 0 N–H and O–H groups in total. The van der Waals surface area contributed by atoms with Crippen LogP contribution in [0.2, 0.25) is 0 Å². The number of benzene rings is 8. The molecular weight excluding hydrogens is 655 g/mol. The van der Waals surface area contributed by atoms with Gasteiger partial charge >= 0.3 is 0 Å². The van der Waals surface area contributed by atoms with E-state index >= 15 is 0 Å². The standard InChI is InChI=1S/C51H33N3/c1-2-13-32-28-34(25-24-31(32)12-1)50-51(53-46-22-9-8-21-45(46)52-50)54-47-23-10-7-18-39(47)44-30-43-33(29-48(44)54)26-27-42-38-17-6-4-15-36(38)35-14-3-5-16-37(35)40-19-11-20-41(43)49(40)42/h1-25,28-30,42H,26-27H2. The largest absolute Gasteiger partial charge is 0.292 e. The molecule has 2 aromatic heterocycles. The van der Waals surface area contributed by atoms with E-state index in [4.69, 9.17) is 9.97 Å². The van der Waals surface area contributed by atoms with E-state index in [1.807, 2.05) is 6.07 Å².